The number of aliphatic carboxylic acids is 1. The average Bonchev–Trinajstić information content (AvgIpc) is 3.01. The highest BCUT2D eigenvalue weighted by atomic mass is 16.4. The lowest BCUT2D eigenvalue weighted by Crippen LogP contribution is -2.14. The van der Waals surface area contributed by atoms with Crippen LogP contribution in [0.1, 0.15) is 22.3 Å². The van der Waals surface area contributed by atoms with Crippen molar-refractivity contribution in [2.45, 2.75) is 20.3 Å². The first-order valence-electron chi connectivity index (χ1n) is 8.49. The number of carboxylic acid groups (broad SMARTS) is 1. The molecule has 0 saturated carbocycles. The first kappa shape index (κ1) is 17.5. The second-order valence-electron chi connectivity index (χ2n) is 6.44. The van der Waals surface area contributed by atoms with Crippen LogP contribution >= 0.6 is 0 Å². The van der Waals surface area contributed by atoms with E-state index in [1.807, 2.05) is 12.1 Å². The van der Waals surface area contributed by atoms with E-state index >= 15 is 0 Å². The molecule has 2 aromatic carbocycles. The van der Waals surface area contributed by atoms with Gasteiger partial charge in [-0.2, -0.15) is 5.26 Å². The zero-order chi connectivity index (χ0) is 18.7. The van der Waals surface area contributed by atoms with Crippen molar-refractivity contribution in [1.82, 2.24) is 0 Å². The maximum Gasteiger partial charge on any atom is 0.346 e. The minimum absolute atomic E-state index is 0.275. The molecule has 0 saturated heterocycles. The molecule has 0 aliphatic carbocycles. The zero-order valence-electron chi connectivity index (χ0n) is 14.9. The minimum Gasteiger partial charge on any atom is -0.477 e. The van der Waals surface area contributed by atoms with Gasteiger partial charge in [-0.3, -0.25) is 0 Å². The van der Waals surface area contributed by atoms with Crippen LogP contribution in [0.15, 0.2) is 54.1 Å². The summed E-state index contributed by atoms with van der Waals surface area (Å²) in [5, 5.41) is 17.6. The molecule has 0 unspecified atom stereocenters. The maximum atomic E-state index is 10.8. The molecular weight excluding hydrogens is 324 g/mol. The van der Waals surface area contributed by atoms with E-state index in [1.165, 1.54) is 34.1 Å². The third-order valence-electron chi connectivity index (χ3n) is 4.54. The Bertz CT molecular complexity index is 965. The Morgan fingerprint density at radius 2 is 1.96 bits per heavy atom. The SMILES string of the molecule is Cc1ccc(N2CCc3cc(/C=C/C=C(\C#N)C(=O)O)ccc32)c(C)c1. The number of anilines is 2. The van der Waals surface area contributed by atoms with E-state index in [0.29, 0.717) is 0 Å². The number of carbonyl (C=O) groups is 1. The summed E-state index contributed by atoms with van der Waals surface area (Å²) in [5.41, 5.74) is 6.97. The van der Waals surface area contributed by atoms with E-state index in [-0.39, 0.29) is 5.57 Å². The van der Waals surface area contributed by atoms with E-state index < -0.39 is 5.97 Å². The molecule has 2 aromatic rings. The van der Waals surface area contributed by atoms with Gasteiger partial charge in [-0.1, -0.05) is 35.9 Å². The molecule has 1 N–H and O–H groups in total. The van der Waals surface area contributed by atoms with Gasteiger partial charge in [0.15, 0.2) is 0 Å². The van der Waals surface area contributed by atoms with Crippen molar-refractivity contribution in [3.63, 3.8) is 0 Å². The van der Waals surface area contributed by atoms with E-state index in [4.69, 9.17) is 10.4 Å². The first-order chi connectivity index (χ1) is 12.5. The Morgan fingerprint density at radius 3 is 2.65 bits per heavy atom. The van der Waals surface area contributed by atoms with Crippen molar-refractivity contribution in [2.75, 3.05) is 11.4 Å². The number of carboxylic acids is 1. The van der Waals surface area contributed by atoms with Crippen LogP contribution in [0.5, 0.6) is 0 Å². The first-order valence-corrected chi connectivity index (χ1v) is 8.49. The summed E-state index contributed by atoms with van der Waals surface area (Å²) in [4.78, 5) is 13.2. The normalized spacial score (nSPS) is 13.7. The quantitative estimate of drug-likeness (QED) is 0.502. The van der Waals surface area contributed by atoms with Crippen molar-refractivity contribution < 1.29 is 9.90 Å². The number of allylic oxidation sites excluding steroid dienone is 2. The van der Waals surface area contributed by atoms with Crippen LogP contribution in [0, 0.1) is 25.2 Å². The summed E-state index contributed by atoms with van der Waals surface area (Å²) in [6.07, 6.45) is 5.71. The predicted octanol–water partition coefficient (Wildman–Crippen LogP) is 4.55. The Kier molecular flexibility index (Phi) is 4.90. The summed E-state index contributed by atoms with van der Waals surface area (Å²) in [5.74, 6) is -1.21. The second kappa shape index (κ2) is 7.28. The minimum atomic E-state index is -1.21. The predicted molar refractivity (Wildman–Crippen MR) is 103 cm³/mol. The second-order valence-corrected chi connectivity index (χ2v) is 6.44. The lowest BCUT2D eigenvalue weighted by molar-refractivity contribution is -0.132. The molecule has 0 radical (unpaired) electrons. The molecule has 0 amide bonds. The lowest BCUT2D eigenvalue weighted by Gasteiger charge is -2.22. The number of hydrogen-bond acceptors (Lipinski definition) is 3. The van der Waals surface area contributed by atoms with Crippen LogP contribution in [0.4, 0.5) is 11.4 Å². The summed E-state index contributed by atoms with van der Waals surface area (Å²) in [7, 11) is 0. The molecule has 0 bridgehead atoms. The maximum absolute atomic E-state index is 10.8. The molecule has 0 atom stereocenters. The third kappa shape index (κ3) is 3.52. The highest BCUT2D eigenvalue weighted by molar-refractivity contribution is 5.91. The number of benzene rings is 2. The molecule has 4 heteroatoms. The van der Waals surface area contributed by atoms with Crippen LogP contribution in [-0.4, -0.2) is 17.6 Å². The van der Waals surface area contributed by atoms with Crippen molar-refractivity contribution in [3.05, 3.63) is 76.4 Å². The fourth-order valence-corrected chi connectivity index (χ4v) is 3.30. The Labute approximate surface area is 153 Å². The van der Waals surface area contributed by atoms with E-state index in [2.05, 4.69) is 49.1 Å². The largest absolute Gasteiger partial charge is 0.477 e. The van der Waals surface area contributed by atoms with Crippen LogP contribution in [-0.2, 0) is 11.2 Å². The summed E-state index contributed by atoms with van der Waals surface area (Å²) in [6, 6.07) is 14.4. The number of nitrogens with zero attached hydrogens (tertiary/aromatic N) is 2. The zero-order valence-corrected chi connectivity index (χ0v) is 14.9. The van der Waals surface area contributed by atoms with Crippen molar-refractivity contribution in [1.29, 1.82) is 5.26 Å². The molecule has 4 nitrogen and oxygen atoms in total. The molecule has 1 aliphatic heterocycles. The topological polar surface area (TPSA) is 64.3 Å². The van der Waals surface area contributed by atoms with E-state index in [9.17, 15) is 4.79 Å². The molecule has 0 aromatic heterocycles. The summed E-state index contributed by atoms with van der Waals surface area (Å²) < 4.78 is 0. The molecule has 1 aliphatic rings. The van der Waals surface area contributed by atoms with Crippen LogP contribution in [0.3, 0.4) is 0 Å². The van der Waals surface area contributed by atoms with Crippen molar-refractivity contribution in [2.24, 2.45) is 0 Å². The molecule has 0 fully saturated rings. The van der Waals surface area contributed by atoms with Crippen molar-refractivity contribution in [3.8, 4) is 6.07 Å². The van der Waals surface area contributed by atoms with Crippen LogP contribution in [0.25, 0.3) is 6.08 Å². The van der Waals surface area contributed by atoms with Gasteiger partial charge in [0.25, 0.3) is 0 Å². The van der Waals surface area contributed by atoms with Gasteiger partial charge >= 0.3 is 5.97 Å². The highest BCUT2D eigenvalue weighted by Crippen LogP contribution is 2.37. The van der Waals surface area contributed by atoms with Crippen molar-refractivity contribution >= 4 is 23.4 Å². The molecule has 3 rings (SSSR count). The number of nitriles is 1. The standard InChI is InChI=1S/C22H20N2O2/c1-15-6-8-20(16(2)12-15)24-11-10-18-13-17(7-9-21(18)24)4-3-5-19(14-23)22(25)26/h3-9,12-13H,10-11H2,1-2H3,(H,25,26)/b4-3+,19-5+. The van der Waals surface area contributed by atoms with Gasteiger partial charge in [-0.05, 0) is 61.2 Å². The Balaban J connectivity index is 1.85. The smallest absolute Gasteiger partial charge is 0.346 e. The Hall–Kier alpha value is -3.32. The number of hydrogen-bond donors (Lipinski definition) is 1. The average molecular weight is 344 g/mol. The summed E-state index contributed by atoms with van der Waals surface area (Å²) in [6.45, 7) is 5.19. The van der Waals surface area contributed by atoms with Gasteiger partial charge in [0.2, 0.25) is 0 Å². The molecular formula is C22H20N2O2. The molecule has 1 heterocycles. The van der Waals surface area contributed by atoms with Gasteiger partial charge in [0.1, 0.15) is 11.6 Å². The van der Waals surface area contributed by atoms with E-state index in [1.54, 1.807) is 12.1 Å². The van der Waals surface area contributed by atoms with Gasteiger partial charge in [-0.15, -0.1) is 0 Å². The Morgan fingerprint density at radius 1 is 1.19 bits per heavy atom. The molecule has 0 spiro atoms. The lowest BCUT2D eigenvalue weighted by atomic mass is 10.1. The number of aryl methyl sites for hydroxylation is 2. The highest BCUT2D eigenvalue weighted by Gasteiger charge is 2.21. The fourth-order valence-electron chi connectivity index (χ4n) is 3.30. The van der Waals surface area contributed by atoms with E-state index in [0.717, 1.165) is 18.5 Å². The number of rotatable bonds is 4. The third-order valence-corrected chi connectivity index (χ3v) is 4.54. The van der Waals surface area contributed by atoms with Gasteiger partial charge in [0, 0.05) is 17.9 Å². The van der Waals surface area contributed by atoms with Crippen LogP contribution < -0.4 is 4.90 Å². The van der Waals surface area contributed by atoms with Gasteiger partial charge in [0.05, 0.1) is 0 Å². The van der Waals surface area contributed by atoms with Gasteiger partial charge in [-0.25, -0.2) is 4.79 Å². The molecule has 26 heavy (non-hydrogen) atoms. The summed E-state index contributed by atoms with van der Waals surface area (Å²) >= 11 is 0. The fraction of sp³-hybridized carbons (Fsp3) is 0.182. The monoisotopic (exact) mass is 344 g/mol. The number of fused-ring (bicyclic) bond motifs is 1. The van der Waals surface area contributed by atoms with Crippen LogP contribution in [0.2, 0.25) is 0 Å². The molecule has 130 valence electrons. The van der Waals surface area contributed by atoms with Gasteiger partial charge < -0.3 is 10.0 Å².